The van der Waals surface area contributed by atoms with Crippen LogP contribution >= 0.6 is 24.0 Å². The second-order valence-corrected chi connectivity index (χ2v) is 7.88. The summed E-state index contributed by atoms with van der Waals surface area (Å²) in [7, 11) is 3.54. The van der Waals surface area contributed by atoms with E-state index in [-0.39, 0.29) is 36.4 Å². The molecule has 2 aliphatic carbocycles. The van der Waals surface area contributed by atoms with Crippen molar-refractivity contribution in [2.45, 2.75) is 89.5 Å². The summed E-state index contributed by atoms with van der Waals surface area (Å²) < 4.78 is 5.93. The van der Waals surface area contributed by atoms with Gasteiger partial charge in [-0.05, 0) is 52.4 Å². The Morgan fingerprint density at radius 2 is 1.58 bits per heavy atom. The largest absolute Gasteiger partial charge is 0.376 e. The number of aliphatic imine (C=N–C) groups is 1. The highest BCUT2D eigenvalue weighted by Gasteiger charge is 2.24. The molecular formula is C19H37IN4O2. The molecule has 2 saturated carbocycles. The second kappa shape index (κ2) is 12.0. The van der Waals surface area contributed by atoms with E-state index < -0.39 is 0 Å². The Balaban J connectivity index is 0.00000338. The molecule has 2 fully saturated rings. The Morgan fingerprint density at radius 3 is 2.08 bits per heavy atom. The van der Waals surface area contributed by atoms with Crippen molar-refractivity contribution in [1.29, 1.82) is 0 Å². The molecule has 0 saturated heterocycles. The number of guanidine groups is 1. The van der Waals surface area contributed by atoms with Crippen molar-refractivity contribution in [3.8, 4) is 0 Å². The average molecular weight is 480 g/mol. The lowest BCUT2D eigenvalue weighted by Crippen LogP contribution is -2.48. The van der Waals surface area contributed by atoms with E-state index >= 15 is 0 Å². The maximum atomic E-state index is 11.9. The summed E-state index contributed by atoms with van der Waals surface area (Å²) in [5.41, 5.74) is 0. The van der Waals surface area contributed by atoms with Crippen LogP contribution in [0.1, 0.15) is 65.2 Å². The molecule has 0 aliphatic heterocycles. The number of carbonyl (C=O) groups excluding carboxylic acids is 1. The molecule has 2 rings (SSSR count). The molecule has 2 aliphatic rings. The van der Waals surface area contributed by atoms with Crippen molar-refractivity contribution in [2.24, 2.45) is 4.99 Å². The minimum atomic E-state index is 0. The van der Waals surface area contributed by atoms with E-state index in [4.69, 9.17) is 4.74 Å². The van der Waals surface area contributed by atoms with E-state index in [9.17, 15) is 4.79 Å². The van der Waals surface area contributed by atoms with Crippen LogP contribution < -0.4 is 10.6 Å². The van der Waals surface area contributed by atoms with Crippen LogP contribution in [0.15, 0.2) is 4.99 Å². The van der Waals surface area contributed by atoms with Gasteiger partial charge in [-0.3, -0.25) is 4.79 Å². The standard InChI is InChI=1S/C19H36N4O2.HI/c1-14(2)25-17-11-9-16(10-12-17)22-19(20-13-18(24)23(3)4)21-15-7-5-6-8-15;/h14-17H,5-13H2,1-4H3,(H2,20,21,22);1H. The van der Waals surface area contributed by atoms with Crippen LogP contribution in [0.5, 0.6) is 0 Å². The number of rotatable bonds is 6. The van der Waals surface area contributed by atoms with Crippen molar-refractivity contribution in [1.82, 2.24) is 15.5 Å². The van der Waals surface area contributed by atoms with Gasteiger partial charge in [0.25, 0.3) is 0 Å². The molecule has 6 nitrogen and oxygen atoms in total. The number of halogens is 1. The second-order valence-electron chi connectivity index (χ2n) is 7.88. The van der Waals surface area contributed by atoms with Gasteiger partial charge in [-0.25, -0.2) is 4.99 Å². The Kier molecular flexibility index (Phi) is 10.8. The van der Waals surface area contributed by atoms with Crippen molar-refractivity contribution in [2.75, 3.05) is 20.6 Å². The van der Waals surface area contributed by atoms with Gasteiger partial charge < -0.3 is 20.3 Å². The number of hydrogen-bond donors (Lipinski definition) is 2. The van der Waals surface area contributed by atoms with Crippen molar-refractivity contribution in [3.05, 3.63) is 0 Å². The molecule has 0 heterocycles. The first-order valence-electron chi connectivity index (χ1n) is 9.87. The third-order valence-corrected chi connectivity index (χ3v) is 5.05. The van der Waals surface area contributed by atoms with Gasteiger partial charge in [0.15, 0.2) is 5.96 Å². The van der Waals surface area contributed by atoms with Crippen LogP contribution in [0, 0.1) is 0 Å². The van der Waals surface area contributed by atoms with Crippen LogP contribution in [-0.4, -0.2) is 61.7 Å². The van der Waals surface area contributed by atoms with Crippen molar-refractivity contribution < 1.29 is 9.53 Å². The third kappa shape index (κ3) is 8.41. The van der Waals surface area contributed by atoms with Crippen LogP contribution in [0.25, 0.3) is 0 Å². The molecule has 2 N–H and O–H groups in total. The molecule has 0 radical (unpaired) electrons. The van der Waals surface area contributed by atoms with E-state index in [0.717, 1.165) is 31.6 Å². The normalized spacial score (nSPS) is 24.3. The van der Waals surface area contributed by atoms with Crippen LogP contribution in [0.3, 0.4) is 0 Å². The van der Waals surface area contributed by atoms with E-state index in [1.807, 2.05) is 0 Å². The zero-order valence-corrected chi connectivity index (χ0v) is 19.1. The van der Waals surface area contributed by atoms with E-state index in [0.29, 0.717) is 24.3 Å². The Bertz CT molecular complexity index is 443. The SMILES string of the molecule is CC(C)OC1CCC(NC(=NCC(=O)N(C)C)NC2CCCC2)CC1.I. The molecule has 152 valence electrons. The average Bonchev–Trinajstić information content (AvgIpc) is 3.06. The number of nitrogens with zero attached hydrogens (tertiary/aromatic N) is 2. The molecule has 0 aromatic carbocycles. The highest BCUT2D eigenvalue weighted by atomic mass is 127. The first kappa shape index (κ1) is 23.5. The molecule has 0 aromatic rings. The molecular weight excluding hydrogens is 443 g/mol. The van der Waals surface area contributed by atoms with E-state index in [1.54, 1.807) is 19.0 Å². The lowest BCUT2D eigenvalue weighted by Gasteiger charge is -2.31. The molecule has 0 spiro atoms. The van der Waals surface area contributed by atoms with Crippen molar-refractivity contribution in [3.63, 3.8) is 0 Å². The summed E-state index contributed by atoms with van der Waals surface area (Å²) in [6.07, 6.45) is 9.97. The summed E-state index contributed by atoms with van der Waals surface area (Å²) >= 11 is 0. The molecule has 1 amide bonds. The van der Waals surface area contributed by atoms with E-state index in [2.05, 4.69) is 29.5 Å². The highest BCUT2D eigenvalue weighted by Crippen LogP contribution is 2.22. The summed E-state index contributed by atoms with van der Waals surface area (Å²) in [4.78, 5) is 18.0. The Labute approximate surface area is 175 Å². The molecule has 0 aromatic heterocycles. The Hall–Kier alpha value is -0.570. The monoisotopic (exact) mass is 480 g/mol. The molecule has 0 unspecified atom stereocenters. The molecule has 26 heavy (non-hydrogen) atoms. The van der Waals surface area contributed by atoms with Gasteiger partial charge in [-0.2, -0.15) is 0 Å². The van der Waals surface area contributed by atoms with Crippen LogP contribution in [0.4, 0.5) is 0 Å². The van der Waals surface area contributed by atoms with Crippen molar-refractivity contribution >= 4 is 35.8 Å². The Morgan fingerprint density at radius 1 is 1.04 bits per heavy atom. The van der Waals surface area contributed by atoms with Gasteiger partial charge in [0.1, 0.15) is 6.54 Å². The number of likely N-dealkylation sites (N-methyl/N-ethyl adjacent to an activating group) is 1. The summed E-state index contributed by atoms with van der Waals surface area (Å²) in [6, 6.07) is 0.899. The number of nitrogens with one attached hydrogen (secondary N) is 2. The predicted octanol–water partition coefficient (Wildman–Crippen LogP) is 2.91. The number of hydrogen-bond acceptors (Lipinski definition) is 3. The molecule has 7 heteroatoms. The topological polar surface area (TPSA) is 66.0 Å². The van der Waals surface area contributed by atoms with Crippen LogP contribution in [-0.2, 0) is 9.53 Å². The lowest BCUT2D eigenvalue weighted by molar-refractivity contribution is -0.127. The fraction of sp³-hybridized carbons (Fsp3) is 0.895. The maximum Gasteiger partial charge on any atom is 0.243 e. The van der Waals surface area contributed by atoms with Gasteiger partial charge >= 0.3 is 0 Å². The first-order chi connectivity index (χ1) is 11.9. The summed E-state index contributed by atoms with van der Waals surface area (Å²) in [6.45, 7) is 4.39. The van der Waals surface area contributed by atoms with Gasteiger partial charge in [0.2, 0.25) is 5.91 Å². The predicted molar refractivity (Wildman–Crippen MR) is 117 cm³/mol. The molecule has 0 atom stereocenters. The fourth-order valence-electron chi connectivity index (χ4n) is 3.61. The summed E-state index contributed by atoms with van der Waals surface area (Å²) in [5, 5.41) is 7.10. The lowest BCUT2D eigenvalue weighted by atomic mass is 9.93. The fourth-order valence-corrected chi connectivity index (χ4v) is 3.61. The first-order valence-corrected chi connectivity index (χ1v) is 9.87. The smallest absolute Gasteiger partial charge is 0.243 e. The van der Waals surface area contributed by atoms with E-state index in [1.165, 1.54) is 25.7 Å². The zero-order valence-electron chi connectivity index (χ0n) is 16.8. The minimum Gasteiger partial charge on any atom is -0.376 e. The minimum absolute atomic E-state index is 0. The zero-order chi connectivity index (χ0) is 18.2. The quantitative estimate of drug-likeness (QED) is 0.349. The number of carbonyl (C=O) groups is 1. The van der Waals surface area contributed by atoms with Gasteiger partial charge in [-0.15, -0.1) is 24.0 Å². The highest BCUT2D eigenvalue weighted by molar-refractivity contribution is 14.0. The van der Waals surface area contributed by atoms with Gasteiger partial charge in [0.05, 0.1) is 12.2 Å². The van der Waals surface area contributed by atoms with Gasteiger partial charge in [-0.1, -0.05) is 12.8 Å². The van der Waals surface area contributed by atoms with Crippen LogP contribution in [0.2, 0.25) is 0 Å². The third-order valence-electron chi connectivity index (χ3n) is 5.05. The van der Waals surface area contributed by atoms with Gasteiger partial charge in [0, 0.05) is 26.2 Å². The summed E-state index contributed by atoms with van der Waals surface area (Å²) in [5.74, 6) is 0.830. The number of amides is 1. The maximum absolute atomic E-state index is 11.9. The molecule has 0 bridgehead atoms. The number of ether oxygens (including phenoxy) is 1.